The van der Waals surface area contributed by atoms with Crippen LogP contribution in [-0.2, 0) is 16.6 Å². The molecule has 0 bridgehead atoms. The van der Waals surface area contributed by atoms with E-state index in [4.69, 9.17) is 5.73 Å². The lowest BCUT2D eigenvalue weighted by Crippen LogP contribution is -2.32. The van der Waals surface area contributed by atoms with Crippen LogP contribution in [0.5, 0.6) is 0 Å². The van der Waals surface area contributed by atoms with Crippen molar-refractivity contribution in [3.63, 3.8) is 0 Å². The SMILES string of the molecule is CCCn1cc(S(=O)(=O)N2CC[C@H](N)C2)nc1C. The predicted molar refractivity (Wildman–Crippen MR) is 68.6 cm³/mol. The summed E-state index contributed by atoms with van der Waals surface area (Å²) in [4.78, 5) is 4.16. The molecule has 18 heavy (non-hydrogen) atoms. The third kappa shape index (κ3) is 2.43. The minimum Gasteiger partial charge on any atom is -0.334 e. The Balaban J connectivity index is 2.27. The van der Waals surface area contributed by atoms with Crippen LogP contribution < -0.4 is 5.73 Å². The third-order valence-electron chi connectivity index (χ3n) is 3.21. The quantitative estimate of drug-likeness (QED) is 0.856. The lowest BCUT2D eigenvalue weighted by atomic mass is 10.3. The average molecular weight is 272 g/mol. The Morgan fingerprint density at radius 2 is 2.28 bits per heavy atom. The van der Waals surface area contributed by atoms with Gasteiger partial charge in [0.2, 0.25) is 0 Å². The van der Waals surface area contributed by atoms with Crippen LogP contribution >= 0.6 is 0 Å². The fraction of sp³-hybridized carbons (Fsp3) is 0.727. The van der Waals surface area contributed by atoms with E-state index in [1.807, 2.05) is 18.4 Å². The molecular formula is C11H20N4O2S. The predicted octanol–water partition coefficient (Wildman–Crippen LogP) is 0.323. The Hall–Kier alpha value is -0.920. The standard InChI is InChI=1S/C11H20N4O2S/c1-3-5-14-8-11(13-9(14)2)18(16,17)15-6-4-10(12)7-15/h8,10H,3-7,12H2,1-2H3/t10-/m0/s1. The van der Waals surface area contributed by atoms with E-state index in [9.17, 15) is 8.42 Å². The van der Waals surface area contributed by atoms with E-state index >= 15 is 0 Å². The number of aromatic nitrogens is 2. The molecule has 0 unspecified atom stereocenters. The Morgan fingerprint density at radius 1 is 1.56 bits per heavy atom. The molecule has 1 aromatic rings. The maximum absolute atomic E-state index is 12.3. The normalized spacial score (nSPS) is 21.6. The highest BCUT2D eigenvalue weighted by molar-refractivity contribution is 7.89. The summed E-state index contributed by atoms with van der Waals surface area (Å²) in [5.41, 5.74) is 5.75. The Bertz CT molecular complexity index is 523. The van der Waals surface area contributed by atoms with Gasteiger partial charge in [0.15, 0.2) is 5.03 Å². The van der Waals surface area contributed by atoms with Gasteiger partial charge in [0.1, 0.15) is 5.82 Å². The summed E-state index contributed by atoms with van der Waals surface area (Å²) in [6.45, 7) is 5.54. The van der Waals surface area contributed by atoms with E-state index in [0.717, 1.165) is 18.8 Å². The molecule has 1 aliphatic rings. The first kappa shape index (κ1) is 13.5. The van der Waals surface area contributed by atoms with Crippen molar-refractivity contribution in [2.24, 2.45) is 5.73 Å². The van der Waals surface area contributed by atoms with Gasteiger partial charge < -0.3 is 10.3 Å². The van der Waals surface area contributed by atoms with Crippen molar-refractivity contribution in [3.8, 4) is 0 Å². The molecule has 1 aromatic heterocycles. The monoisotopic (exact) mass is 272 g/mol. The van der Waals surface area contributed by atoms with Gasteiger partial charge in [-0.15, -0.1) is 0 Å². The molecule has 1 aliphatic heterocycles. The van der Waals surface area contributed by atoms with Crippen LogP contribution in [-0.4, -0.2) is 41.4 Å². The summed E-state index contributed by atoms with van der Waals surface area (Å²) in [5.74, 6) is 0.735. The smallest absolute Gasteiger partial charge is 0.262 e. The van der Waals surface area contributed by atoms with Crippen molar-refractivity contribution >= 4 is 10.0 Å². The van der Waals surface area contributed by atoms with Crippen LogP contribution in [0.1, 0.15) is 25.6 Å². The molecule has 102 valence electrons. The minimum atomic E-state index is -3.47. The van der Waals surface area contributed by atoms with Crippen LogP contribution in [0, 0.1) is 6.92 Å². The van der Waals surface area contributed by atoms with Gasteiger partial charge in [0.05, 0.1) is 0 Å². The first-order valence-electron chi connectivity index (χ1n) is 6.24. The summed E-state index contributed by atoms with van der Waals surface area (Å²) < 4.78 is 28.0. The number of hydrogen-bond acceptors (Lipinski definition) is 4. The van der Waals surface area contributed by atoms with E-state index in [0.29, 0.717) is 19.5 Å². The molecule has 2 rings (SSSR count). The van der Waals surface area contributed by atoms with Crippen molar-refractivity contribution in [1.29, 1.82) is 0 Å². The van der Waals surface area contributed by atoms with Crippen molar-refractivity contribution < 1.29 is 8.42 Å². The molecule has 2 heterocycles. The van der Waals surface area contributed by atoms with Gasteiger partial charge in [-0.1, -0.05) is 6.92 Å². The molecule has 0 radical (unpaired) electrons. The highest BCUT2D eigenvalue weighted by Crippen LogP contribution is 2.20. The average Bonchev–Trinajstić information content (AvgIpc) is 2.87. The first-order valence-corrected chi connectivity index (χ1v) is 7.68. The van der Waals surface area contributed by atoms with Crippen LogP contribution in [0.25, 0.3) is 0 Å². The molecule has 6 nitrogen and oxygen atoms in total. The van der Waals surface area contributed by atoms with Crippen LogP contribution in [0.2, 0.25) is 0 Å². The van der Waals surface area contributed by atoms with Crippen molar-refractivity contribution in [3.05, 3.63) is 12.0 Å². The molecule has 1 saturated heterocycles. The Morgan fingerprint density at radius 3 is 2.83 bits per heavy atom. The zero-order valence-corrected chi connectivity index (χ0v) is 11.7. The van der Waals surface area contributed by atoms with Crippen molar-refractivity contribution in [1.82, 2.24) is 13.9 Å². The van der Waals surface area contributed by atoms with Crippen LogP contribution in [0.3, 0.4) is 0 Å². The summed E-state index contributed by atoms with van der Waals surface area (Å²) in [6.07, 6.45) is 3.29. The largest absolute Gasteiger partial charge is 0.334 e. The third-order valence-corrected chi connectivity index (χ3v) is 4.95. The number of rotatable bonds is 4. The van der Waals surface area contributed by atoms with Gasteiger partial charge >= 0.3 is 0 Å². The van der Waals surface area contributed by atoms with Gasteiger partial charge in [-0.2, -0.15) is 4.31 Å². The van der Waals surface area contributed by atoms with E-state index in [-0.39, 0.29) is 11.1 Å². The van der Waals surface area contributed by atoms with Crippen LogP contribution in [0.4, 0.5) is 0 Å². The van der Waals surface area contributed by atoms with E-state index < -0.39 is 10.0 Å². The lowest BCUT2D eigenvalue weighted by Gasteiger charge is -2.13. The minimum absolute atomic E-state index is 0.0569. The molecule has 1 fully saturated rings. The zero-order chi connectivity index (χ0) is 13.3. The Kier molecular flexibility index (Phi) is 3.74. The summed E-state index contributed by atoms with van der Waals surface area (Å²) >= 11 is 0. The zero-order valence-electron chi connectivity index (χ0n) is 10.8. The van der Waals surface area contributed by atoms with E-state index in [1.54, 1.807) is 6.20 Å². The van der Waals surface area contributed by atoms with Crippen molar-refractivity contribution in [2.75, 3.05) is 13.1 Å². The second kappa shape index (κ2) is 4.99. The lowest BCUT2D eigenvalue weighted by molar-refractivity contribution is 0.469. The molecular weight excluding hydrogens is 252 g/mol. The van der Waals surface area contributed by atoms with Gasteiger partial charge in [0, 0.05) is 31.9 Å². The molecule has 2 N–H and O–H groups in total. The van der Waals surface area contributed by atoms with Gasteiger partial charge in [-0.3, -0.25) is 0 Å². The number of imidazole rings is 1. The molecule has 0 aromatic carbocycles. The molecule has 0 spiro atoms. The molecule has 0 amide bonds. The van der Waals surface area contributed by atoms with Crippen LogP contribution in [0.15, 0.2) is 11.2 Å². The molecule has 0 saturated carbocycles. The van der Waals surface area contributed by atoms with Gasteiger partial charge in [-0.05, 0) is 19.8 Å². The summed E-state index contributed by atoms with van der Waals surface area (Å²) in [7, 11) is -3.47. The highest BCUT2D eigenvalue weighted by atomic mass is 32.2. The molecule has 0 aliphatic carbocycles. The number of nitrogens with zero attached hydrogens (tertiary/aromatic N) is 3. The van der Waals surface area contributed by atoms with Gasteiger partial charge in [0.25, 0.3) is 10.0 Å². The fourth-order valence-corrected chi connectivity index (χ4v) is 3.68. The second-order valence-electron chi connectivity index (χ2n) is 4.73. The van der Waals surface area contributed by atoms with Gasteiger partial charge in [-0.25, -0.2) is 13.4 Å². The topological polar surface area (TPSA) is 81.2 Å². The second-order valence-corrected chi connectivity index (χ2v) is 6.62. The number of aryl methyl sites for hydroxylation is 2. The maximum Gasteiger partial charge on any atom is 0.262 e. The molecule has 7 heteroatoms. The highest BCUT2D eigenvalue weighted by Gasteiger charge is 2.32. The van der Waals surface area contributed by atoms with Crippen molar-refractivity contribution in [2.45, 2.75) is 44.3 Å². The fourth-order valence-electron chi connectivity index (χ4n) is 2.18. The Labute approximate surface area is 108 Å². The summed E-state index contributed by atoms with van der Waals surface area (Å²) in [5, 5.41) is 0.141. The summed E-state index contributed by atoms with van der Waals surface area (Å²) in [6, 6.07) is -0.0569. The maximum atomic E-state index is 12.3. The number of sulfonamides is 1. The van der Waals surface area contributed by atoms with E-state index in [2.05, 4.69) is 4.98 Å². The molecule has 1 atom stereocenters. The van der Waals surface area contributed by atoms with E-state index in [1.165, 1.54) is 4.31 Å². The first-order chi connectivity index (χ1) is 8.45. The number of hydrogen-bond donors (Lipinski definition) is 1. The number of nitrogens with two attached hydrogens (primary N) is 1.